The van der Waals surface area contributed by atoms with E-state index < -0.39 is 11.8 Å². The molecule has 2 rings (SSSR count). The van der Waals surface area contributed by atoms with Gasteiger partial charge in [-0.2, -0.15) is 5.26 Å². The third-order valence-corrected chi connectivity index (χ3v) is 4.85. The molecule has 0 unspecified atom stereocenters. The van der Waals surface area contributed by atoms with Crippen molar-refractivity contribution in [3.05, 3.63) is 16.0 Å². The lowest BCUT2D eigenvalue weighted by Gasteiger charge is -2.17. The van der Waals surface area contributed by atoms with Gasteiger partial charge in [0, 0.05) is 18.0 Å². The summed E-state index contributed by atoms with van der Waals surface area (Å²) in [4.78, 5) is 24.6. The number of carbonyl (C=O) groups excluding carboxylic acids is 2. The molecule has 1 aromatic rings. The first-order valence-corrected chi connectivity index (χ1v) is 8.13. The van der Waals surface area contributed by atoms with Crippen molar-refractivity contribution in [3.8, 4) is 6.07 Å². The number of amides is 2. The minimum Gasteiger partial charge on any atom is -0.396 e. The molecule has 7 heteroatoms. The van der Waals surface area contributed by atoms with Gasteiger partial charge >= 0.3 is 11.8 Å². The Labute approximate surface area is 133 Å². The molecule has 118 valence electrons. The van der Waals surface area contributed by atoms with Crippen LogP contribution >= 0.6 is 11.3 Å². The standard InChI is InChI=1S/C15H19N3O3S/c1-9-3-4-10-11(8-16)15(22-12(10)7-9)18-14(21)13(20)17-5-2-6-19/h9,19H,2-7H2,1H3,(H,17,20)(H,18,21)/t9-/m0/s1. The van der Waals surface area contributed by atoms with Crippen molar-refractivity contribution in [2.24, 2.45) is 5.92 Å². The van der Waals surface area contributed by atoms with Crippen LogP contribution in [0.4, 0.5) is 5.00 Å². The van der Waals surface area contributed by atoms with Gasteiger partial charge in [0.2, 0.25) is 0 Å². The topological polar surface area (TPSA) is 102 Å². The lowest BCUT2D eigenvalue weighted by molar-refractivity contribution is -0.136. The Morgan fingerprint density at radius 3 is 2.91 bits per heavy atom. The van der Waals surface area contributed by atoms with E-state index in [0.29, 0.717) is 22.9 Å². The number of carbonyl (C=O) groups is 2. The summed E-state index contributed by atoms with van der Waals surface area (Å²) >= 11 is 1.39. The van der Waals surface area contributed by atoms with Gasteiger partial charge in [-0.25, -0.2) is 0 Å². The summed E-state index contributed by atoms with van der Waals surface area (Å²) in [6.07, 6.45) is 3.18. The minimum atomic E-state index is -0.777. The molecule has 0 bridgehead atoms. The highest BCUT2D eigenvalue weighted by molar-refractivity contribution is 7.16. The second kappa shape index (κ2) is 7.38. The van der Waals surface area contributed by atoms with E-state index in [9.17, 15) is 14.9 Å². The van der Waals surface area contributed by atoms with E-state index in [-0.39, 0.29) is 13.2 Å². The monoisotopic (exact) mass is 321 g/mol. The first kappa shape index (κ1) is 16.5. The van der Waals surface area contributed by atoms with Gasteiger partial charge < -0.3 is 15.7 Å². The van der Waals surface area contributed by atoms with E-state index in [2.05, 4.69) is 23.6 Å². The fourth-order valence-corrected chi connectivity index (χ4v) is 3.83. The Kier molecular flexibility index (Phi) is 5.52. The number of nitriles is 1. The van der Waals surface area contributed by atoms with Gasteiger partial charge in [0.05, 0.1) is 5.56 Å². The van der Waals surface area contributed by atoms with E-state index in [1.54, 1.807) is 0 Å². The minimum absolute atomic E-state index is 0.0453. The van der Waals surface area contributed by atoms with E-state index in [4.69, 9.17) is 5.11 Å². The Balaban J connectivity index is 2.08. The lowest BCUT2D eigenvalue weighted by Crippen LogP contribution is -2.36. The zero-order chi connectivity index (χ0) is 16.1. The molecule has 0 radical (unpaired) electrons. The molecule has 3 N–H and O–H groups in total. The van der Waals surface area contributed by atoms with Gasteiger partial charge in [0.25, 0.3) is 0 Å². The van der Waals surface area contributed by atoms with Gasteiger partial charge in [0.1, 0.15) is 11.1 Å². The highest BCUT2D eigenvalue weighted by Gasteiger charge is 2.25. The Morgan fingerprint density at radius 1 is 1.45 bits per heavy atom. The predicted octanol–water partition coefficient (Wildman–Crippen LogP) is 1.18. The molecule has 0 fully saturated rings. The van der Waals surface area contributed by atoms with Crippen LogP contribution in [0.1, 0.15) is 35.8 Å². The summed E-state index contributed by atoms with van der Waals surface area (Å²) in [6.45, 7) is 2.37. The number of fused-ring (bicyclic) bond motifs is 1. The SMILES string of the molecule is C[C@H]1CCc2c(sc(NC(=O)C(=O)NCCCO)c2C#N)C1. The van der Waals surface area contributed by atoms with Crippen LogP contribution in [0.3, 0.4) is 0 Å². The Hall–Kier alpha value is -1.91. The molecule has 1 aliphatic rings. The van der Waals surface area contributed by atoms with Crippen molar-refractivity contribution in [3.63, 3.8) is 0 Å². The first-order chi connectivity index (χ1) is 10.6. The smallest absolute Gasteiger partial charge is 0.314 e. The van der Waals surface area contributed by atoms with E-state index in [0.717, 1.165) is 29.7 Å². The van der Waals surface area contributed by atoms with E-state index >= 15 is 0 Å². The summed E-state index contributed by atoms with van der Waals surface area (Å²) in [5.41, 5.74) is 1.50. The van der Waals surface area contributed by atoms with Gasteiger partial charge in [-0.1, -0.05) is 6.92 Å². The molecular formula is C15H19N3O3S. The van der Waals surface area contributed by atoms with Crippen LogP contribution in [0, 0.1) is 17.2 Å². The molecule has 0 aliphatic heterocycles. The highest BCUT2D eigenvalue weighted by Crippen LogP contribution is 2.39. The van der Waals surface area contributed by atoms with Crippen molar-refractivity contribution in [1.29, 1.82) is 5.26 Å². The molecule has 1 atom stereocenters. The molecule has 0 aromatic carbocycles. The maximum Gasteiger partial charge on any atom is 0.314 e. The number of anilines is 1. The summed E-state index contributed by atoms with van der Waals surface area (Å²) < 4.78 is 0. The van der Waals surface area contributed by atoms with E-state index in [1.165, 1.54) is 11.3 Å². The van der Waals surface area contributed by atoms with Crippen LogP contribution < -0.4 is 10.6 Å². The molecule has 1 heterocycles. The molecule has 6 nitrogen and oxygen atoms in total. The molecule has 0 spiro atoms. The van der Waals surface area contributed by atoms with Crippen LogP contribution in [0.25, 0.3) is 0 Å². The Morgan fingerprint density at radius 2 is 2.23 bits per heavy atom. The first-order valence-electron chi connectivity index (χ1n) is 7.31. The molecule has 0 saturated carbocycles. The van der Waals surface area contributed by atoms with Gasteiger partial charge in [0.15, 0.2) is 0 Å². The molecule has 1 aliphatic carbocycles. The number of aliphatic hydroxyl groups is 1. The average Bonchev–Trinajstić information content (AvgIpc) is 2.83. The zero-order valence-corrected chi connectivity index (χ0v) is 13.3. The molecular weight excluding hydrogens is 302 g/mol. The van der Waals surface area contributed by atoms with Crippen LogP contribution in [0.15, 0.2) is 0 Å². The number of aliphatic hydroxyl groups excluding tert-OH is 1. The van der Waals surface area contributed by atoms with Gasteiger partial charge in [-0.3, -0.25) is 9.59 Å². The van der Waals surface area contributed by atoms with Crippen LogP contribution in [0.2, 0.25) is 0 Å². The second-order valence-electron chi connectivity index (χ2n) is 5.45. The number of hydrogen-bond donors (Lipinski definition) is 3. The quantitative estimate of drug-likeness (QED) is 0.572. The van der Waals surface area contributed by atoms with Crippen molar-refractivity contribution < 1.29 is 14.7 Å². The van der Waals surface area contributed by atoms with E-state index in [1.807, 2.05) is 0 Å². The molecule has 2 amide bonds. The Bertz CT molecular complexity index is 618. The fourth-order valence-electron chi connectivity index (χ4n) is 2.48. The number of nitrogens with one attached hydrogen (secondary N) is 2. The largest absolute Gasteiger partial charge is 0.396 e. The van der Waals surface area contributed by atoms with Crippen molar-refractivity contribution in [2.75, 3.05) is 18.5 Å². The van der Waals surface area contributed by atoms with Gasteiger partial charge in [-0.05, 0) is 37.2 Å². The number of nitrogens with zero attached hydrogens (tertiary/aromatic N) is 1. The van der Waals surface area contributed by atoms with Crippen LogP contribution in [-0.2, 0) is 22.4 Å². The summed E-state index contributed by atoms with van der Waals surface area (Å²) in [5.74, 6) is -0.957. The van der Waals surface area contributed by atoms with Crippen LogP contribution in [0.5, 0.6) is 0 Å². The molecule has 1 aromatic heterocycles. The summed E-state index contributed by atoms with van der Waals surface area (Å²) in [6, 6.07) is 2.15. The lowest BCUT2D eigenvalue weighted by atomic mass is 9.89. The van der Waals surface area contributed by atoms with Gasteiger partial charge in [-0.15, -0.1) is 11.3 Å². The average molecular weight is 321 g/mol. The maximum atomic E-state index is 11.9. The normalized spacial score (nSPS) is 16.5. The second-order valence-corrected chi connectivity index (χ2v) is 6.56. The van der Waals surface area contributed by atoms with Crippen molar-refractivity contribution in [2.45, 2.75) is 32.6 Å². The number of hydrogen-bond acceptors (Lipinski definition) is 5. The third-order valence-electron chi connectivity index (χ3n) is 3.68. The summed E-state index contributed by atoms with van der Waals surface area (Å²) in [7, 11) is 0. The highest BCUT2D eigenvalue weighted by atomic mass is 32.1. The predicted molar refractivity (Wildman–Crippen MR) is 83.6 cm³/mol. The number of rotatable bonds is 4. The summed E-state index contributed by atoms with van der Waals surface area (Å²) in [5, 5.41) is 23.4. The maximum absolute atomic E-state index is 11.9. The molecule has 0 saturated heterocycles. The van der Waals surface area contributed by atoms with Crippen molar-refractivity contribution in [1.82, 2.24) is 5.32 Å². The van der Waals surface area contributed by atoms with Crippen LogP contribution in [-0.4, -0.2) is 30.1 Å². The zero-order valence-electron chi connectivity index (χ0n) is 12.4. The third kappa shape index (κ3) is 3.64. The number of thiophene rings is 1. The fraction of sp³-hybridized carbons (Fsp3) is 0.533. The molecule has 22 heavy (non-hydrogen) atoms. The van der Waals surface area contributed by atoms with Crippen molar-refractivity contribution >= 4 is 28.2 Å².